The van der Waals surface area contributed by atoms with E-state index in [4.69, 9.17) is 10.7 Å². The van der Waals surface area contributed by atoms with Gasteiger partial charge in [-0.2, -0.15) is 14.7 Å². The topological polar surface area (TPSA) is 160 Å². The van der Waals surface area contributed by atoms with Crippen molar-refractivity contribution in [1.82, 2.24) is 49.6 Å². The smallest absolute Gasteiger partial charge is 0.291 e. The van der Waals surface area contributed by atoms with Gasteiger partial charge in [0.2, 0.25) is 5.82 Å². The van der Waals surface area contributed by atoms with Gasteiger partial charge in [0.1, 0.15) is 17.8 Å². The van der Waals surface area contributed by atoms with Crippen molar-refractivity contribution in [2.24, 2.45) is 0 Å². The van der Waals surface area contributed by atoms with Crippen LogP contribution in [0.15, 0.2) is 43.2 Å². The van der Waals surface area contributed by atoms with Gasteiger partial charge in [-0.05, 0) is 44.6 Å². The second-order valence-electron chi connectivity index (χ2n) is 10.1. The number of piperidine rings is 1. The van der Waals surface area contributed by atoms with Crippen LogP contribution >= 0.6 is 0 Å². The summed E-state index contributed by atoms with van der Waals surface area (Å²) in [5, 5.41) is 11.1. The molecule has 1 saturated carbocycles. The summed E-state index contributed by atoms with van der Waals surface area (Å²) in [5.74, 6) is 2.13. The van der Waals surface area contributed by atoms with Crippen LogP contribution in [0.4, 0.5) is 5.82 Å². The minimum atomic E-state index is -0.123. The zero-order chi connectivity index (χ0) is 25.8. The first-order valence-corrected chi connectivity index (χ1v) is 12.9. The average molecular weight is 510 g/mol. The van der Waals surface area contributed by atoms with Gasteiger partial charge in [0.25, 0.3) is 5.91 Å². The summed E-state index contributed by atoms with van der Waals surface area (Å²) in [6.07, 6.45) is 12.3. The summed E-state index contributed by atoms with van der Waals surface area (Å²) in [7, 11) is 0. The molecular formula is C26H27N11O. The first-order valence-electron chi connectivity index (χ1n) is 12.9. The maximum absolute atomic E-state index is 12.9. The Morgan fingerprint density at radius 3 is 2.68 bits per heavy atom. The maximum Gasteiger partial charge on any atom is 0.291 e. The first kappa shape index (κ1) is 22.6. The molecule has 2 aliphatic rings. The molecule has 1 aliphatic carbocycles. The second kappa shape index (κ2) is 8.75. The van der Waals surface area contributed by atoms with Gasteiger partial charge in [0.15, 0.2) is 11.5 Å². The molecule has 0 radical (unpaired) electrons. The van der Waals surface area contributed by atoms with Crippen molar-refractivity contribution in [2.45, 2.75) is 50.5 Å². The fourth-order valence-electron chi connectivity index (χ4n) is 5.62. The fourth-order valence-corrected chi connectivity index (χ4v) is 5.62. The molecule has 192 valence electrons. The molecule has 0 aromatic carbocycles. The van der Waals surface area contributed by atoms with Crippen molar-refractivity contribution in [3.63, 3.8) is 0 Å². The summed E-state index contributed by atoms with van der Waals surface area (Å²) in [4.78, 5) is 36.0. The molecule has 5 aromatic heterocycles. The number of anilines is 1. The highest BCUT2D eigenvalue weighted by Gasteiger charge is 2.37. The van der Waals surface area contributed by atoms with E-state index in [1.807, 2.05) is 29.4 Å². The van der Waals surface area contributed by atoms with E-state index in [1.54, 1.807) is 16.9 Å². The number of likely N-dealkylation sites (tertiary alicyclic amines) is 1. The predicted molar refractivity (Wildman–Crippen MR) is 139 cm³/mol. The van der Waals surface area contributed by atoms with Crippen LogP contribution < -0.4 is 5.73 Å². The van der Waals surface area contributed by atoms with E-state index in [-0.39, 0.29) is 23.7 Å². The number of H-pyrrole nitrogens is 2. The Morgan fingerprint density at radius 2 is 2.00 bits per heavy atom. The van der Waals surface area contributed by atoms with E-state index in [2.05, 4.69) is 42.2 Å². The quantitative estimate of drug-likeness (QED) is 0.326. The number of carbonyl (C=O) groups is 1. The van der Waals surface area contributed by atoms with Crippen molar-refractivity contribution in [3.05, 3.63) is 60.3 Å². The van der Waals surface area contributed by atoms with Crippen molar-refractivity contribution in [1.29, 1.82) is 0 Å². The lowest BCUT2D eigenvalue weighted by atomic mass is 9.85. The number of fused-ring (bicyclic) bond motifs is 1. The number of aromatic nitrogens is 9. The number of rotatable bonds is 5. The minimum absolute atomic E-state index is 0.0281. The van der Waals surface area contributed by atoms with E-state index in [0.717, 1.165) is 65.2 Å². The molecule has 12 heteroatoms. The van der Waals surface area contributed by atoms with Crippen LogP contribution in [-0.2, 0) is 0 Å². The number of imidazole rings is 1. The molecule has 0 bridgehead atoms. The fraction of sp³-hybridized carbons (Fsp3) is 0.346. The van der Waals surface area contributed by atoms with Crippen molar-refractivity contribution in [3.8, 4) is 22.6 Å². The Labute approximate surface area is 217 Å². The summed E-state index contributed by atoms with van der Waals surface area (Å²) >= 11 is 0. The molecule has 1 saturated heterocycles. The van der Waals surface area contributed by atoms with Crippen LogP contribution in [0.1, 0.15) is 66.3 Å². The van der Waals surface area contributed by atoms with Crippen LogP contribution in [0.3, 0.4) is 0 Å². The van der Waals surface area contributed by atoms with Gasteiger partial charge in [-0.3, -0.25) is 14.9 Å². The molecule has 5 aromatic rings. The standard InChI is InChI=1S/C26H27N11O/c1-14-10-16(6-9-36(14)26(38)24-31-13-32-35-24)21-20(15-2-3-15)22(27)37-25(34-21)18(12-33-37)17-4-5-19(30-11-17)23-28-7-8-29-23/h4-5,7-8,11-16H,2-3,6,9-10,27H2,1H3,(H,28,29)(H,31,32,35)/t14-,16+/m0/s1. The molecule has 2 fully saturated rings. The molecule has 0 unspecified atom stereocenters. The highest BCUT2D eigenvalue weighted by atomic mass is 16.2. The number of carbonyl (C=O) groups excluding carboxylic acids is 1. The Morgan fingerprint density at radius 1 is 1.11 bits per heavy atom. The van der Waals surface area contributed by atoms with Crippen molar-refractivity contribution >= 4 is 17.4 Å². The van der Waals surface area contributed by atoms with Gasteiger partial charge in [-0.15, -0.1) is 0 Å². The number of nitrogens with two attached hydrogens (primary N) is 1. The molecule has 2 atom stereocenters. The summed E-state index contributed by atoms with van der Waals surface area (Å²) < 4.78 is 1.76. The third-order valence-corrected chi connectivity index (χ3v) is 7.69. The molecule has 4 N–H and O–H groups in total. The van der Waals surface area contributed by atoms with Gasteiger partial charge in [0, 0.05) is 53.8 Å². The summed E-state index contributed by atoms with van der Waals surface area (Å²) in [5.41, 5.74) is 12.2. The lowest BCUT2D eigenvalue weighted by molar-refractivity contribution is 0.0602. The zero-order valence-corrected chi connectivity index (χ0v) is 20.9. The van der Waals surface area contributed by atoms with Crippen LogP contribution in [0, 0.1) is 0 Å². The highest BCUT2D eigenvalue weighted by molar-refractivity contribution is 5.90. The summed E-state index contributed by atoms with van der Waals surface area (Å²) in [6, 6.07) is 3.97. The Balaban J connectivity index is 1.24. The molecule has 1 aliphatic heterocycles. The van der Waals surface area contributed by atoms with E-state index >= 15 is 0 Å². The van der Waals surface area contributed by atoms with E-state index in [9.17, 15) is 4.79 Å². The molecule has 1 amide bonds. The molecule has 6 heterocycles. The van der Waals surface area contributed by atoms with Gasteiger partial charge in [0.05, 0.1) is 11.9 Å². The predicted octanol–water partition coefficient (Wildman–Crippen LogP) is 3.17. The van der Waals surface area contributed by atoms with Crippen LogP contribution in [-0.4, -0.2) is 68.1 Å². The van der Waals surface area contributed by atoms with Crippen LogP contribution in [0.2, 0.25) is 0 Å². The zero-order valence-electron chi connectivity index (χ0n) is 20.9. The number of hydrogen-bond acceptors (Lipinski definition) is 8. The number of nitrogen functional groups attached to an aromatic ring is 1. The first-order chi connectivity index (χ1) is 18.6. The third kappa shape index (κ3) is 3.71. The van der Waals surface area contributed by atoms with Crippen LogP contribution in [0.5, 0.6) is 0 Å². The molecular weight excluding hydrogens is 482 g/mol. The number of hydrogen-bond donors (Lipinski definition) is 3. The SMILES string of the molecule is C[C@H]1C[C@H](c2nc3c(-c4ccc(-c5ncc[nH]5)nc4)cnn3c(N)c2C2CC2)CCN1C(=O)c1ncn[nH]1. The normalized spacial score (nSPS) is 19.8. The van der Waals surface area contributed by atoms with E-state index in [1.165, 1.54) is 6.33 Å². The largest absolute Gasteiger partial charge is 0.383 e. The third-order valence-electron chi connectivity index (χ3n) is 7.69. The lowest BCUT2D eigenvalue weighted by Crippen LogP contribution is -2.44. The Kier molecular flexibility index (Phi) is 5.20. The average Bonchev–Trinajstić information content (AvgIpc) is 3.35. The maximum atomic E-state index is 12.9. The van der Waals surface area contributed by atoms with Crippen LogP contribution in [0.25, 0.3) is 28.3 Å². The lowest BCUT2D eigenvalue weighted by Gasteiger charge is -2.37. The number of pyridine rings is 1. The molecule has 7 rings (SSSR count). The number of nitrogens with zero attached hydrogens (tertiary/aromatic N) is 8. The minimum Gasteiger partial charge on any atom is -0.383 e. The molecule has 38 heavy (non-hydrogen) atoms. The van der Waals surface area contributed by atoms with Gasteiger partial charge < -0.3 is 15.6 Å². The highest BCUT2D eigenvalue weighted by Crippen LogP contribution is 2.48. The number of aromatic amines is 2. The monoisotopic (exact) mass is 509 g/mol. The Bertz CT molecular complexity index is 1600. The second-order valence-corrected chi connectivity index (χ2v) is 10.1. The van der Waals surface area contributed by atoms with Gasteiger partial charge in [-0.25, -0.2) is 15.0 Å². The summed E-state index contributed by atoms with van der Waals surface area (Å²) in [6.45, 7) is 2.70. The number of nitrogens with one attached hydrogen (secondary N) is 2. The van der Waals surface area contributed by atoms with Crippen molar-refractivity contribution < 1.29 is 4.79 Å². The Hall–Kier alpha value is -4.61. The molecule has 0 spiro atoms. The van der Waals surface area contributed by atoms with Gasteiger partial charge in [-0.1, -0.05) is 6.07 Å². The number of amides is 1. The van der Waals surface area contributed by atoms with E-state index in [0.29, 0.717) is 18.3 Å². The molecule has 12 nitrogen and oxygen atoms in total. The van der Waals surface area contributed by atoms with Crippen molar-refractivity contribution in [2.75, 3.05) is 12.3 Å². The van der Waals surface area contributed by atoms with Gasteiger partial charge >= 0.3 is 0 Å². The van der Waals surface area contributed by atoms with E-state index < -0.39 is 0 Å².